The van der Waals surface area contributed by atoms with E-state index in [0.29, 0.717) is 11.1 Å². The molecule has 84 valence electrons. The number of nitriles is 1. The summed E-state index contributed by atoms with van der Waals surface area (Å²) < 4.78 is 0. The first kappa shape index (κ1) is 11.2. The molecule has 0 aromatic heterocycles. The minimum Gasteiger partial charge on any atom is -0.377 e. The van der Waals surface area contributed by atoms with Gasteiger partial charge in [0.1, 0.15) is 0 Å². The molecule has 0 radical (unpaired) electrons. The number of carbonyl (C=O) groups excluding carboxylic acids is 1. The van der Waals surface area contributed by atoms with Gasteiger partial charge < -0.3 is 4.90 Å². The van der Waals surface area contributed by atoms with Crippen LogP contribution in [0, 0.1) is 11.3 Å². The highest BCUT2D eigenvalue weighted by molar-refractivity contribution is 6.04. The van der Waals surface area contributed by atoms with Crippen LogP contribution in [0.15, 0.2) is 30.3 Å². The van der Waals surface area contributed by atoms with Crippen molar-refractivity contribution in [1.29, 1.82) is 5.26 Å². The number of rotatable bonds is 2. The Morgan fingerprint density at radius 3 is 2.53 bits per heavy atom. The summed E-state index contributed by atoms with van der Waals surface area (Å²) in [6.45, 7) is 0. The van der Waals surface area contributed by atoms with E-state index in [-0.39, 0.29) is 0 Å². The first-order chi connectivity index (χ1) is 8.17. The highest BCUT2D eigenvalue weighted by atomic mass is 16.1. The summed E-state index contributed by atoms with van der Waals surface area (Å²) in [6, 6.07) is 11.2. The predicted octanol–water partition coefficient (Wildman–Crippen LogP) is 2.59. The van der Waals surface area contributed by atoms with Crippen LogP contribution in [-0.4, -0.2) is 20.4 Å². The molecule has 0 amide bonds. The van der Waals surface area contributed by atoms with Gasteiger partial charge in [-0.05, 0) is 29.7 Å². The number of carbonyl (C=O) groups is 1. The average Bonchev–Trinajstić information content (AvgIpc) is 2.36. The minimum atomic E-state index is 0.566. The molecular formula is C14H12N2O. The maximum absolute atomic E-state index is 11.0. The number of fused-ring (bicyclic) bond motifs is 1. The lowest BCUT2D eigenvalue weighted by Gasteiger charge is -2.16. The molecule has 0 fully saturated rings. The molecule has 0 aliphatic heterocycles. The fraction of sp³-hybridized carbons (Fsp3) is 0.143. The second-order valence-electron chi connectivity index (χ2n) is 4.06. The zero-order chi connectivity index (χ0) is 12.4. The summed E-state index contributed by atoms with van der Waals surface area (Å²) in [5.41, 5.74) is 2.22. The van der Waals surface area contributed by atoms with Gasteiger partial charge in [-0.25, -0.2) is 0 Å². The van der Waals surface area contributed by atoms with Gasteiger partial charge in [-0.1, -0.05) is 6.07 Å². The third-order valence-corrected chi connectivity index (χ3v) is 2.77. The third-order valence-electron chi connectivity index (χ3n) is 2.77. The Balaban J connectivity index is 2.85. The molecule has 0 saturated heterocycles. The van der Waals surface area contributed by atoms with Crippen LogP contribution in [-0.2, 0) is 0 Å². The van der Waals surface area contributed by atoms with E-state index in [1.165, 1.54) is 0 Å². The Kier molecular flexibility index (Phi) is 2.80. The molecule has 0 atom stereocenters. The van der Waals surface area contributed by atoms with E-state index < -0.39 is 0 Å². The summed E-state index contributed by atoms with van der Waals surface area (Å²) in [5, 5.41) is 10.7. The number of nitrogens with zero attached hydrogens (tertiary/aromatic N) is 2. The van der Waals surface area contributed by atoms with Crippen LogP contribution in [0.2, 0.25) is 0 Å². The second-order valence-corrected chi connectivity index (χ2v) is 4.06. The van der Waals surface area contributed by atoms with E-state index in [9.17, 15) is 4.79 Å². The third kappa shape index (κ3) is 1.85. The van der Waals surface area contributed by atoms with Crippen molar-refractivity contribution in [2.45, 2.75) is 0 Å². The van der Waals surface area contributed by atoms with E-state index >= 15 is 0 Å². The summed E-state index contributed by atoms with van der Waals surface area (Å²) in [7, 11) is 3.90. The SMILES string of the molecule is CN(C)c1ccc(C=O)c2cc(C#N)ccc12. The minimum absolute atomic E-state index is 0.566. The summed E-state index contributed by atoms with van der Waals surface area (Å²) >= 11 is 0. The smallest absolute Gasteiger partial charge is 0.150 e. The Labute approximate surface area is 99.9 Å². The van der Waals surface area contributed by atoms with Crippen LogP contribution in [0.3, 0.4) is 0 Å². The average molecular weight is 224 g/mol. The van der Waals surface area contributed by atoms with Crippen molar-refractivity contribution >= 4 is 22.7 Å². The monoisotopic (exact) mass is 224 g/mol. The van der Waals surface area contributed by atoms with Crippen molar-refractivity contribution in [3.05, 3.63) is 41.5 Å². The van der Waals surface area contributed by atoms with Gasteiger partial charge in [0, 0.05) is 30.7 Å². The Bertz CT molecular complexity index is 624. The first-order valence-corrected chi connectivity index (χ1v) is 5.26. The number of benzene rings is 2. The Morgan fingerprint density at radius 2 is 1.94 bits per heavy atom. The molecule has 2 aromatic carbocycles. The van der Waals surface area contributed by atoms with Crippen molar-refractivity contribution < 1.29 is 4.79 Å². The van der Waals surface area contributed by atoms with Gasteiger partial charge in [0.15, 0.2) is 6.29 Å². The van der Waals surface area contributed by atoms with Crippen LogP contribution in [0.25, 0.3) is 10.8 Å². The molecule has 0 aliphatic rings. The molecule has 0 N–H and O–H groups in total. The van der Waals surface area contributed by atoms with Crippen molar-refractivity contribution in [3.8, 4) is 6.07 Å². The standard InChI is InChI=1S/C14H12N2O/c1-16(2)14-6-4-11(9-17)13-7-10(8-15)3-5-12(13)14/h3-7,9H,1-2H3. The van der Waals surface area contributed by atoms with Crippen molar-refractivity contribution in [3.63, 3.8) is 0 Å². The van der Waals surface area contributed by atoms with Crippen molar-refractivity contribution in [2.75, 3.05) is 19.0 Å². The fourth-order valence-corrected chi connectivity index (χ4v) is 1.92. The fourth-order valence-electron chi connectivity index (χ4n) is 1.92. The second kappa shape index (κ2) is 4.26. The van der Waals surface area contributed by atoms with E-state index in [1.807, 2.05) is 31.1 Å². The number of hydrogen-bond acceptors (Lipinski definition) is 3. The van der Waals surface area contributed by atoms with Gasteiger partial charge in [-0.3, -0.25) is 4.79 Å². The lowest BCUT2D eigenvalue weighted by molar-refractivity contribution is 0.112. The van der Waals surface area contributed by atoms with Gasteiger partial charge in [-0.15, -0.1) is 0 Å². The molecule has 0 saturated carbocycles. The normalized spacial score (nSPS) is 9.94. The van der Waals surface area contributed by atoms with Crippen molar-refractivity contribution in [2.24, 2.45) is 0 Å². The Morgan fingerprint density at radius 1 is 1.18 bits per heavy atom. The molecule has 2 aromatic rings. The quantitative estimate of drug-likeness (QED) is 0.736. The van der Waals surface area contributed by atoms with Crippen LogP contribution in [0.5, 0.6) is 0 Å². The highest BCUT2D eigenvalue weighted by Gasteiger charge is 2.07. The zero-order valence-electron chi connectivity index (χ0n) is 9.77. The summed E-state index contributed by atoms with van der Waals surface area (Å²) in [5.74, 6) is 0. The number of hydrogen-bond donors (Lipinski definition) is 0. The molecule has 17 heavy (non-hydrogen) atoms. The van der Waals surface area contributed by atoms with Crippen LogP contribution in [0.1, 0.15) is 15.9 Å². The van der Waals surface area contributed by atoms with E-state index in [4.69, 9.17) is 5.26 Å². The van der Waals surface area contributed by atoms with Gasteiger partial charge in [0.2, 0.25) is 0 Å². The molecule has 2 rings (SSSR count). The van der Waals surface area contributed by atoms with Gasteiger partial charge in [0.05, 0.1) is 11.6 Å². The maximum Gasteiger partial charge on any atom is 0.150 e. The lowest BCUT2D eigenvalue weighted by atomic mass is 10.0. The molecule has 0 bridgehead atoms. The largest absolute Gasteiger partial charge is 0.377 e. The van der Waals surface area contributed by atoms with E-state index in [1.54, 1.807) is 18.2 Å². The van der Waals surface area contributed by atoms with E-state index in [0.717, 1.165) is 22.7 Å². The molecule has 3 nitrogen and oxygen atoms in total. The molecule has 0 unspecified atom stereocenters. The lowest BCUT2D eigenvalue weighted by Crippen LogP contribution is -2.09. The van der Waals surface area contributed by atoms with Crippen molar-refractivity contribution in [1.82, 2.24) is 0 Å². The van der Waals surface area contributed by atoms with Gasteiger partial charge >= 0.3 is 0 Å². The summed E-state index contributed by atoms with van der Waals surface area (Å²) in [4.78, 5) is 13.0. The molecule has 0 heterocycles. The van der Waals surface area contributed by atoms with Crippen LogP contribution in [0.4, 0.5) is 5.69 Å². The molecule has 0 aliphatic carbocycles. The molecule has 3 heteroatoms. The van der Waals surface area contributed by atoms with Gasteiger partial charge in [-0.2, -0.15) is 5.26 Å². The maximum atomic E-state index is 11.0. The summed E-state index contributed by atoms with van der Waals surface area (Å²) in [6.07, 6.45) is 0.822. The van der Waals surface area contributed by atoms with Gasteiger partial charge in [0.25, 0.3) is 0 Å². The zero-order valence-corrected chi connectivity index (χ0v) is 9.77. The molecular weight excluding hydrogens is 212 g/mol. The topological polar surface area (TPSA) is 44.1 Å². The predicted molar refractivity (Wildman–Crippen MR) is 68.4 cm³/mol. The Hall–Kier alpha value is -2.34. The molecule has 0 spiro atoms. The highest BCUT2D eigenvalue weighted by Crippen LogP contribution is 2.28. The number of anilines is 1. The van der Waals surface area contributed by atoms with Crippen LogP contribution >= 0.6 is 0 Å². The number of aldehydes is 1. The van der Waals surface area contributed by atoms with E-state index in [2.05, 4.69) is 6.07 Å². The van der Waals surface area contributed by atoms with Crippen LogP contribution < -0.4 is 4.90 Å². The first-order valence-electron chi connectivity index (χ1n) is 5.26.